The molecule has 0 radical (unpaired) electrons. The average Bonchev–Trinajstić information content (AvgIpc) is 2.74. The lowest BCUT2D eigenvalue weighted by Crippen LogP contribution is -2.19. The minimum absolute atomic E-state index is 0.522. The van der Waals surface area contributed by atoms with E-state index in [1.807, 2.05) is 31.3 Å². The van der Waals surface area contributed by atoms with Crippen molar-refractivity contribution in [3.05, 3.63) is 35.7 Å². The number of anilines is 1. The van der Waals surface area contributed by atoms with Gasteiger partial charge in [0.05, 0.1) is 13.6 Å². The zero-order chi connectivity index (χ0) is 12.3. The van der Waals surface area contributed by atoms with Gasteiger partial charge < -0.3 is 10.6 Å². The van der Waals surface area contributed by atoms with Crippen LogP contribution in [-0.2, 0) is 20.1 Å². The van der Waals surface area contributed by atoms with Gasteiger partial charge in [-0.3, -0.25) is 0 Å². The molecule has 0 aliphatic heterocycles. The van der Waals surface area contributed by atoms with Gasteiger partial charge in [-0.1, -0.05) is 18.2 Å². The summed E-state index contributed by atoms with van der Waals surface area (Å²) in [6.45, 7) is 1.14. The van der Waals surface area contributed by atoms with Crippen molar-refractivity contribution in [2.24, 2.45) is 12.8 Å². The van der Waals surface area contributed by atoms with Crippen LogP contribution in [0.4, 0.5) is 5.69 Å². The average molecular weight is 232 g/mol. The highest BCUT2D eigenvalue weighted by Gasteiger charge is 2.09. The number of nitrogens with two attached hydrogens (primary N) is 1. The maximum atomic E-state index is 5.71. The lowest BCUT2D eigenvalue weighted by Gasteiger charge is -2.20. The first-order valence-electron chi connectivity index (χ1n) is 5.42. The van der Waals surface area contributed by atoms with E-state index < -0.39 is 0 Å². The van der Waals surface area contributed by atoms with E-state index in [1.165, 1.54) is 4.80 Å². The molecule has 6 heteroatoms. The van der Waals surface area contributed by atoms with Gasteiger partial charge >= 0.3 is 0 Å². The van der Waals surface area contributed by atoms with Crippen molar-refractivity contribution in [1.29, 1.82) is 0 Å². The molecule has 0 spiro atoms. The molecular formula is C11H16N6. The molecule has 0 bridgehead atoms. The molecule has 0 atom stereocenters. The van der Waals surface area contributed by atoms with Crippen molar-refractivity contribution in [3.8, 4) is 0 Å². The Kier molecular flexibility index (Phi) is 3.34. The number of benzene rings is 1. The summed E-state index contributed by atoms with van der Waals surface area (Å²) in [5.41, 5.74) is 7.92. The monoisotopic (exact) mass is 232 g/mol. The van der Waals surface area contributed by atoms with Crippen molar-refractivity contribution in [2.45, 2.75) is 13.1 Å². The molecule has 0 saturated heterocycles. The second kappa shape index (κ2) is 4.92. The summed E-state index contributed by atoms with van der Waals surface area (Å²) in [4.78, 5) is 3.53. The number of aromatic nitrogens is 4. The lowest BCUT2D eigenvalue weighted by molar-refractivity contribution is 0.627. The van der Waals surface area contributed by atoms with Gasteiger partial charge in [0.1, 0.15) is 0 Å². The van der Waals surface area contributed by atoms with Crippen molar-refractivity contribution in [2.75, 3.05) is 11.9 Å². The molecule has 1 aromatic heterocycles. The Morgan fingerprint density at radius 2 is 2.12 bits per heavy atom. The number of aryl methyl sites for hydroxylation is 1. The third kappa shape index (κ3) is 2.59. The fraction of sp³-hybridized carbons (Fsp3) is 0.364. The Morgan fingerprint density at radius 1 is 1.35 bits per heavy atom. The van der Waals surface area contributed by atoms with Gasteiger partial charge in [0, 0.05) is 19.3 Å². The van der Waals surface area contributed by atoms with E-state index in [2.05, 4.69) is 20.3 Å². The minimum Gasteiger partial charge on any atom is -0.367 e. The molecule has 2 aromatic rings. The van der Waals surface area contributed by atoms with Gasteiger partial charge in [-0.2, -0.15) is 4.80 Å². The van der Waals surface area contributed by atoms with Crippen molar-refractivity contribution in [3.63, 3.8) is 0 Å². The molecule has 1 heterocycles. The highest BCUT2D eigenvalue weighted by atomic mass is 15.6. The van der Waals surface area contributed by atoms with Crippen LogP contribution in [0.5, 0.6) is 0 Å². The fourth-order valence-corrected chi connectivity index (χ4v) is 1.74. The van der Waals surface area contributed by atoms with E-state index >= 15 is 0 Å². The molecule has 0 saturated carbocycles. The quantitative estimate of drug-likeness (QED) is 0.821. The van der Waals surface area contributed by atoms with Crippen molar-refractivity contribution >= 4 is 5.69 Å². The van der Waals surface area contributed by atoms with Gasteiger partial charge in [0.2, 0.25) is 0 Å². The van der Waals surface area contributed by atoms with Crippen LogP contribution < -0.4 is 10.6 Å². The van der Waals surface area contributed by atoms with E-state index in [9.17, 15) is 0 Å². The molecule has 0 unspecified atom stereocenters. The topological polar surface area (TPSA) is 72.9 Å². The Bertz CT molecular complexity index is 492. The maximum absolute atomic E-state index is 5.71. The van der Waals surface area contributed by atoms with Gasteiger partial charge in [0.15, 0.2) is 5.82 Å². The van der Waals surface area contributed by atoms with Gasteiger partial charge in [-0.25, -0.2) is 0 Å². The van der Waals surface area contributed by atoms with E-state index in [4.69, 9.17) is 5.73 Å². The van der Waals surface area contributed by atoms with Crippen LogP contribution in [0.2, 0.25) is 0 Å². The first-order valence-corrected chi connectivity index (χ1v) is 5.42. The molecule has 0 aliphatic rings. The van der Waals surface area contributed by atoms with Crippen molar-refractivity contribution < 1.29 is 0 Å². The molecule has 0 amide bonds. The molecular weight excluding hydrogens is 216 g/mol. The van der Waals surface area contributed by atoms with E-state index in [0.29, 0.717) is 18.9 Å². The molecule has 0 aliphatic carbocycles. The Balaban J connectivity index is 2.16. The van der Waals surface area contributed by atoms with Gasteiger partial charge in [-0.05, 0) is 16.8 Å². The van der Waals surface area contributed by atoms with Crippen LogP contribution >= 0.6 is 0 Å². The lowest BCUT2D eigenvalue weighted by atomic mass is 10.1. The summed E-state index contributed by atoms with van der Waals surface area (Å²) in [6.07, 6.45) is 0. The number of hydrogen-bond donors (Lipinski definition) is 1. The van der Waals surface area contributed by atoms with Crippen molar-refractivity contribution in [1.82, 2.24) is 20.2 Å². The summed E-state index contributed by atoms with van der Waals surface area (Å²) < 4.78 is 0. The summed E-state index contributed by atoms with van der Waals surface area (Å²) in [5.74, 6) is 0.696. The zero-order valence-electron chi connectivity index (χ0n) is 10.0. The molecule has 2 N–H and O–H groups in total. The number of hydrogen-bond acceptors (Lipinski definition) is 5. The Labute approximate surface area is 100 Å². The van der Waals surface area contributed by atoms with Crippen LogP contribution in [0.3, 0.4) is 0 Å². The second-order valence-corrected chi connectivity index (χ2v) is 3.88. The van der Waals surface area contributed by atoms with Crippen LogP contribution in [0.15, 0.2) is 24.3 Å². The summed E-state index contributed by atoms with van der Waals surface area (Å²) in [6, 6.07) is 8.05. The largest absolute Gasteiger partial charge is 0.367 e. The number of rotatable bonds is 4. The first-order chi connectivity index (χ1) is 8.20. The molecule has 17 heavy (non-hydrogen) atoms. The highest BCUT2D eigenvalue weighted by Crippen LogP contribution is 2.19. The van der Waals surface area contributed by atoms with E-state index in [-0.39, 0.29) is 0 Å². The predicted octanol–water partition coefficient (Wildman–Crippen LogP) is 0.305. The van der Waals surface area contributed by atoms with Crippen LogP contribution in [-0.4, -0.2) is 27.3 Å². The third-order valence-electron chi connectivity index (χ3n) is 2.55. The molecule has 2 rings (SSSR count). The van der Waals surface area contributed by atoms with Gasteiger partial charge in [0.25, 0.3) is 0 Å². The first kappa shape index (κ1) is 11.5. The van der Waals surface area contributed by atoms with E-state index in [0.717, 1.165) is 11.3 Å². The van der Waals surface area contributed by atoms with Crippen LogP contribution in [0.1, 0.15) is 11.4 Å². The highest BCUT2D eigenvalue weighted by molar-refractivity contribution is 5.52. The summed E-state index contributed by atoms with van der Waals surface area (Å²) in [7, 11) is 3.75. The SMILES string of the molecule is CN(Cc1nnn(C)n1)c1ccccc1CN. The minimum atomic E-state index is 0.522. The summed E-state index contributed by atoms with van der Waals surface area (Å²) in [5, 5.41) is 11.9. The predicted molar refractivity (Wildman–Crippen MR) is 65.2 cm³/mol. The third-order valence-corrected chi connectivity index (χ3v) is 2.55. The molecule has 0 fully saturated rings. The standard InChI is InChI=1S/C11H16N6/c1-16(8-11-13-15-17(2)14-11)10-6-4-3-5-9(10)7-12/h3-6H,7-8,12H2,1-2H3. The van der Waals surface area contributed by atoms with E-state index in [1.54, 1.807) is 7.05 Å². The normalized spacial score (nSPS) is 10.5. The molecule has 6 nitrogen and oxygen atoms in total. The van der Waals surface area contributed by atoms with Gasteiger partial charge in [-0.15, -0.1) is 10.2 Å². The molecule has 90 valence electrons. The zero-order valence-corrected chi connectivity index (χ0v) is 10.0. The smallest absolute Gasteiger partial charge is 0.193 e. The number of nitrogens with zero attached hydrogens (tertiary/aromatic N) is 5. The maximum Gasteiger partial charge on any atom is 0.193 e. The Hall–Kier alpha value is -1.95. The number of para-hydroxylation sites is 1. The molecule has 1 aromatic carbocycles. The Morgan fingerprint density at radius 3 is 2.76 bits per heavy atom. The summed E-state index contributed by atoms with van der Waals surface area (Å²) >= 11 is 0. The van der Waals surface area contributed by atoms with Crippen LogP contribution in [0, 0.1) is 0 Å². The fourth-order valence-electron chi connectivity index (χ4n) is 1.74. The second-order valence-electron chi connectivity index (χ2n) is 3.88. The number of tetrazole rings is 1. The van der Waals surface area contributed by atoms with Crippen LogP contribution in [0.25, 0.3) is 0 Å².